The lowest BCUT2D eigenvalue weighted by atomic mass is 10.1. The number of rotatable bonds is 8. The molecule has 0 saturated carbocycles. The summed E-state index contributed by atoms with van der Waals surface area (Å²) >= 11 is 0. The molecule has 198 valence electrons. The summed E-state index contributed by atoms with van der Waals surface area (Å²) < 4.78 is 17.5. The molecule has 1 aromatic carbocycles. The van der Waals surface area contributed by atoms with Crippen molar-refractivity contribution >= 4 is 22.8 Å². The highest BCUT2D eigenvalue weighted by Gasteiger charge is 2.26. The van der Waals surface area contributed by atoms with Gasteiger partial charge in [-0.1, -0.05) is 13.8 Å². The molecule has 2 atom stereocenters. The molecule has 2 aromatic heterocycles. The molecule has 0 N–H and O–H groups in total. The molecule has 0 spiro atoms. The van der Waals surface area contributed by atoms with Crippen LogP contribution in [0.4, 0.5) is 11.8 Å². The number of anilines is 2. The summed E-state index contributed by atoms with van der Waals surface area (Å²) in [6.45, 7) is 14.0. The first kappa shape index (κ1) is 25.7. The molecule has 4 heterocycles. The van der Waals surface area contributed by atoms with E-state index in [0.29, 0.717) is 30.7 Å². The van der Waals surface area contributed by atoms with Gasteiger partial charge in [-0.15, -0.1) is 0 Å². The summed E-state index contributed by atoms with van der Waals surface area (Å²) in [5.41, 5.74) is 2.64. The van der Waals surface area contributed by atoms with Crippen LogP contribution < -0.4 is 14.5 Å². The summed E-state index contributed by atoms with van der Waals surface area (Å²) in [7, 11) is 0. The molecule has 0 bridgehead atoms. The van der Waals surface area contributed by atoms with Crippen molar-refractivity contribution in [1.82, 2.24) is 15.0 Å². The fourth-order valence-electron chi connectivity index (χ4n) is 5.05. The first-order valence-corrected chi connectivity index (χ1v) is 13.6. The highest BCUT2D eigenvalue weighted by Crippen LogP contribution is 2.30. The van der Waals surface area contributed by atoms with E-state index in [-0.39, 0.29) is 12.2 Å². The second-order valence-electron chi connectivity index (χ2n) is 10.6. The number of morpholine rings is 2. The topological polar surface area (TPSA) is 72.8 Å². The van der Waals surface area contributed by atoms with Crippen LogP contribution in [-0.4, -0.2) is 73.2 Å². The Morgan fingerprint density at radius 2 is 1.65 bits per heavy atom. The van der Waals surface area contributed by atoms with E-state index >= 15 is 0 Å². The number of hydrogen-bond acceptors (Lipinski definition) is 8. The molecule has 0 aliphatic carbocycles. The monoisotopic (exact) mass is 505 g/mol. The lowest BCUT2D eigenvalue weighted by Gasteiger charge is -2.36. The molecule has 2 aliphatic rings. The van der Waals surface area contributed by atoms with Gasteiger partial charge in [0.25, 0.3) is 0 Å². The van der Waals surface area contributed by atoms with Crippen molar-refractivity contribution in [2.45, 2.75) is 52.7 Å². The fraction of sp³-hybridized carbons (Fsp3) is 0.552. The van der Waals surface area contributed by atoms with Gasteiger partial charge in [0.2, 0.25) is 5.95 Å². The molecule has 2 fully saturated rings. The molecule has 2 unspecified atom stereocenters. The van der Waals surface area contributed by atoms with Crippen molar-refractivity contribution in [1.29, 1.82) is 0 Å². The second-order valence-corrected chi connectivity index (χ2v) is 10.6. The van der Waals surface area contributed by atoms with Crippen molar-refractivity contribution in [2.75, 3.05) is 55.8 Å². The average Bonchev–Trinajstić information content (AvgIpc) is 2.90. The molecule has 5 rings (SSSR count). The van der Waals surface area contributed by atoms with Gasteiger partial charge in [0.1, 0.15) is 11.6 Å². The number of hydrogen-bond donors (Lipinski definition) is 0. The highest BCUT2D eigenvalue weighted by molar-refractivity contribution is 5.90. The minimum atomic E-state index is 0.125. The Bertz CT molecular complexity index is 1170. The predicted octanol–water partition coefficient (Wildman–Crippen LogP) is 4.96. The maximum Gasteiger partial charge on any atom is 0.229 e. The first-order chi connectivity index (χ1) is 18.0. The quantitative estimate of drug-likeness (QED) is 0.398. The van der Waals surface area contributed by atoms with Gasteiger partial charge in [-0.05, 0) is 69.0 Å². The van der Waals surface area contributed by atoms with Gasteiger partial charge < -0.3 is 24.0 Å². The summed E-state index contributed by atoms with van der Waals surface area (Å²) in [4.78, 5) is 19.5. The highest BCUT2D eigenvalue weighted by atomic mass is 16.5. The van der Waals surface area contributed by atoms with Crippen LogP contribution in [0.25, 0.3) is 22.3 Å². The summed E-state index contributed by atoms with van der Waals surface area (Å²) in [6.07, 6.45) is 2.50. The van der Waals surface area contributed by atoms with E-state index in [1.54, 1.807) is 0 Å². The van der Waals surface area contributed by atoms with E-state index < -0.39 is 0 Å². The van der Waals surface area contributed by atoms with Gasteiger partial charge in [0.15, 0.2) is 5.65 Å². The number of nitrogens with zero attached hydrogens (tertiary/aromatic N) is 5. The third kappa shape index (κ3) is 6.30. The Kier molecular flexibility index (Phi) is 8.05. The Morgan fingerprint density at radius 1 is 0.919 bits per heavy atom. The molecule has 2 aliphatic heterocycles. The number of aromatic nitrogens is 3. The third-order valence-corrected chi connectivity index (χ3v) is 6.89. The van der Waals surface area contributed by atoms with E-state index in [0.717, 1.165) is 67.4 Å². The summed E-state index contributed by atoms with van der Waals surface area (Å²) in [6, 6.07) is 12.4. The third-order valence-electron chi connectivity index (χ3n) is 6.89. The zero-order valence-corrected chi connectivity index (χ0v) is 22.5. The van der Waals surface area contributed by atoms with E-state index in [4.69, 9.17) is 29.2 Å². The number of pyridine rings is 1. The predicted molar refractivity (Wildman–Crippen MR) is 148 cm³/mol. The minimum Gasteiger partial charge on any atom is -0.494 e. The van der Waals surface area contributed by atoms with Crippen molar-refractivity contribution < 1.29 is 14.2 Å². The van der Waals surface area contributed by atoms with Crippen LogP contribution in [0.2, 0.25) is 0 Å². The Balaban J connectivity index is 1.44. The van der Waals surface area contributed by atoms with Gasteiger partial charge in [-0.25, -0.2) is 4.98 Å². The van der Waals surface area contributed by atoms with Crippen molar-refractivity contribution in [2.24, 2.45) is 5.92 Å². The largest absolute Gasteiger partial charge is 0.494 e. The summed E-state index contributed by atoms with van der Waals surface area (Å²) in [5, 5.41) is 0.967. The number of benzene rings is 1. The molecule has 0 amide bonds. The van der Waals surface area contributed by atoms with Crippen LogP contribution >= 0.6 is 0 Å². The fourth-order valence-corrected chi connectivity index (χ4v) is 5.05. The molecule has 8 heteroatoms. The van der Waals surface area contributed by atoms with Crippen LogP contribution in [-0.2, 0) is 9.47 Å². The molecular weight excluding hydrogens is 466 g/mol. The summed E-state index contributed by atoms with van der Waals surface area (Å²) in [5.74, 6) is 3.24. The van der Waals surface area contributed by atoms with Gasteiger partial charge in [-0.3, -0.25) is 0 Å². The molecule has 2 saturated heterocycles. The molecule has 3 aromatic rings. The molecule has 8 nitrogen and oxygen atoms in total. The normalized spacial score (nSPS) is 20.6. The van der Waals surface area contributed by atoms with Crippen LogP contribution in [0.3, 0.4) is 0 Å². The Morgan fingerprint density at radius 3 is 2.35 bits per heavy atom. The van der Waals surface area contributed by atoms with E-state index in [1.807, 2.05) is 12.1 Å². The lowest BCUT2D eigenvalue weighted by molar-refractivity contribution is -0.00570. The molecule has 0 radical (unpaired) electrons. The first-order valence-electron chi connectivity index (χ1n) is 13.6. The maximum atomic E-state index is 5.95. The standard InChI is InChI=1S/C29H39N5O3/c1-20(2)6-5-15-36-24-9-7-23(8-10-24)26-12-11-25-27(30-26)31-29(34-18-21(3)37-22(4)19-34)32-28(25)33-13-16-35-17-14-33/h7-12,20-22H,5-6,13-19H2,1-4H3. The number of ether oxygens (including phenoxy) is 3. The zero-order chi connectivity index (χ0) is 25.8. The van der Waals surface area contributed by atoms with Crippen LogP contribution in [0.5, 0.6) is 5.75 Å². The van der Waals surface area contributed by atoms with Crippen molar-refractivity contribution in [3.63, 3.8) is 0 Å². The SMILES string of the molecule is CC(C)CCCOc1ccc(-c2ccc3c(N4CCOCC4)nc(N4CC(C)OC(C)C4)nc3n2)cc1. The zero-order valence-electron chi connectivity index (χ0n) is 22.5. The molecule has 37 heavy (non-hydrogen) atoms. The lowest BCUT2D eigenvalue weighted by Crippen LogP contribution is -2.46. The smallest absolute Gasteiger partial charge is 0.229 e. The van der Waals surface area contributed by atoms with Crippen LogP contribution in [0.1, 0.15) is 40.5 Å². The maximum absolute atomic E-state index is 5.95. The van der Waals surface area contributed by atoms with E-state index in [9.17, 15) is 0 Å². The van der Waals surface area contributed by atoms with E-state index in [2.05, 4.69) is 61.8 Å². The number of fused-ring (bicyclic) bond motifs is 1. The van der Waals surface area contributed by atoms with Gasteiger partial charge >= 0.3 is 0 Å². The average molecular weight is 506 g/mol. The van der Waals surface area contributed by atoms with Crippen LogP contribution in [0.15, 0.2) is 36.4 Å². The Hall–Kier alpha value is -2.97. The van der Waals surface area contributed by atoms with Crippen molar-refractivity contribution in [3.8, 4) is 17.0 Å². The van der Waals surface area contributed by atoms with Gasteiger partial charge in [0.05, 0.1) is 43.1 Å². The molecular formula is C29H39N5O3. The van der Waals surface area contributed by atoms with Crippen LogP contribution in [0, 0.1) is 5.92 Å². The van der Waals surface area contributed by atoms with Crippen molar-refractivity contribution in [3.05, 3.63) is 36.4 Å². The minimum absolute atomic E-state index is 0.125. The van der Waals surface area contributed by atoms with Gasteiger partial charge in [-0.2, -0.15) is 9.97 Å². The van der Waals surface area contributed by atoms with E-state index in [1.165, 1.54) is 6.42 Å². The Labute approximate surface area is 220 Å². The van der Waals surface area contributed by atoms with Gasteiger partial charge in [0, 0.05) is 31.7 Å². The second kappa shape index (κ2) is 11.6.